The lowest BCUT2D eigenvalue weighted by Crippen LogP contribution is -2.39. The molecule has 4 aliphatic carbocycles. The predicted octanol–water partition coefficient (Wildman–Crippen LogP) is 9.85. The number of anilines is 3. The van der Waals surface area contributed by atoms with Gasteiger partial charge in [-0.05, 0) is 221 Å². The molecule has 0 atom stereocenters. The molecule has 0 saturated heterocycles. The average molecular weight is 2010 g/mol. The second-order valence-electron chi connectivity index (χ2n) is 30.6. The molecule has 0 radical (unpaired) electrons. The molecule has 146 heavy (non-hydrogen) atoms. The Balaban J connectivity index is 0.000000206. The van der Waals surface area contributed by atoms with Crippen LogP contribution in [0.25, 0.3) is 0 Å². The highest BCUT2D eigenvalue weighted by Gasteiger charge is 2.24. The number of ketones is 4. The summed E-state index contributed by atoms with van der Waals surface area (Å²) in [6, 6.07) is 52.6. The van der Waals surface area contributed by atoms with Gasteiger partial charge in [-0.2, -0.15) is 18.9 Å². The van der Waals surface area contributed by atoms with Crippen molar-refractivity contribution in [3.05, 3.63) is 401 Å². The highest BCUT2D eigenvalue weighted by molar-refractivity contribution is 7.85. The second kappa shape index (κ2) is 54.4. The molecule has 52 heteroatoms. The molecule has 11 aromatic rings. The van der Waals surface area contributed by atoms with Crippen molar-refractivity contribution >= 4 is 125 Å². The van der Waals surface area contributed by atoms with Crippen LogP contribution in [0.4, 0.5) is 68.6 Å². The lowest BCUT2D eigenvalue weighted by Gasteiger charge is -2.18. The van der Waals surface area contributed by atoms with Crippen molar-refractivity contribution in [3.63, 3.8) is 0 Å². The summed E-state index contributed by atoms with van der Waals surface area (Å²) in [7, 11) is 16.2. The summed E-state index contributed by atoms with van der Waals surface area (Å²) in [5.74, 6) is 0.0362. The van der Waals surface area contributed by atoms with E-state index in [0.29, 0.717) is 89.1 Å². The molecule has 0 bridgehead atoms. The molecule has 51 nitrogen and oxygen atoms in total. The number of aromatic nitrogens is 8. The number of nitro groups is 3. The molecule has 8 heterocycles. The second-order valence-corrected chi connectivity index (χ2v) is 32.2. The molecular weight excluding hydrogens is 1920 g/mol. The van der Waals surface area contributed by atoms with E-state index in [-0.39, 0.29) is 79.9 Å². The van der Waals surface area contributed by atoms with Crippen LogP contribution in [-0.2, 0) is 28.8 Å². The molecule has 4 N–H and O–H groups in total. The van der Waals surface area contributed by atoms with Crippen molar-refractivity contribution in [3.8, 4) is 0 Å². The number of hydrogen-bond acceptors (Lipinski definition) is 41. The zero-order valence-corrected chi connectivity index (χ0v) is 81.2. The first kappa shape index (κ1) is 111. The highest BCUT2D eigenvalue weighted by atomic mass is 32.2. The Labute approximate surface area is 831 Å². The first-order chi connectivity index (χ1) is 69.5. The average Bonchev–Trinajstić information content (AvgIpc) is 0.805. The molecule has 754 valence electrons. The molecule has 0 fully saturated rings. The van der Waals surface area contributed by atoms with Gasteiger partial charge in [0.1, 0.15) is 36.1 Å². The van der Waals surface area contributed by atoms with E-state index in [2.05, 4.69) is 80.8 Å². The minimum Gasteiger partial charge on any atom is -0.710 e. The zero-order valence-electron chi connectivity index (χ0n) is 80.4. The van der Waals surface area contributed by atoms with E-state index in [1.54, 1.807) is 237 Å². The van der Waals surface area contributed by atoms with Gasteiger partial charge >= 0.3 is 34.5 Å². The van der Waals surface area contributed by atoms with Gasteiger partial charge in [0.05, 0.1) is 59.7 Å². The molecule has 0 saturated carbocycles. The van der Waals surface area contributed by atoms with Gasteiger partial charge in [-0.3, -0.25) is 54.5 Å². The van der Waals surface area contributed by atoms with Crippen molar-refractivity contribution in [1.82, 2.24) is 33.7 Å². The topological polar surface area (TPSA) is 634 Å². The van der Waals surface area contributed by atoms with E-state index < -0.39 is 24.9 Å². The quantitative estimate of drug-likeness (QED) is 0.00634. The molecule has 8 aromatic heterocycles. The standard InChI is InChI=1S/C14H16N5O3.C14H10N4O2.2C13H13N5O3.2C13H14N4O2.C13H13N3O2.CH4O4S/c1-17(2)11-7-8-12(13(10-11)19(20)21)15-16-14-6-4-5-9-18(14)22-3;19-12-7-6-11(10-4-3-8-15-14(10)12)16-17-13-5-1-2-9-18(13)20;1-16(2)11-5-3-10(4-6-11)14-15-13-8-7-12(18(20)21)9-17(13)19;1-16(2)10-6-7-11(12(9-10)18(20)21)14-15-13-5-3-4-8-17(13)19;1-16(2)12-9-10(18)6-7-11(12)14-15-13-5-3-4-8-17(13)19;1-16(2)10-6-7-11(12(18)9-10)14-15-13-5-3-4-8-17(13)19;1-9-7-11(8-10(2)13(9)17)14-15-12-5-3-4-6-16(12)18;1-6(3,4)5-2/h4-10H,1-3H3;1-9,20H;2*3-9H,1-2H3;2*3-9,19H,1-2H3;3-8,18H,1-2H3;2H,1H3/q+1;;;;;;;/p-1. The number of Topliss-reactive ketones (excluding diaryl/α,β-unsaturated/α-hetero) is 1. The molecule has 15 rings (SSSR count). The maximum absolute atomic E-state index is 11.8. The van der Waals surface area contributed by atoms with Crippen molar-refractivity contribution in [2.75, 3.05) is 98.5 Å². The van der Waals surface area contributed by atoms with Crippen molar-refractivity contribution in [2.24, 2.45) is 71.5 Å². The smallest absolute Gasteiger partial charge is 0.388 e. The number of carbonyl (C=O) groups excluding carboxylic acids is 4. The fraction of sp³-hybridized carbons (Fsp3) is 0.149. The third-order valence-electron chi connectivity index (χ3n) is 18.9. The number of nitrogens with zero attached hydrogens (tertiary/aromatic N) is 30. The lowest BCUT2D eigenvalue weighted by atomic mass is 9.98. The Morgan fingerprint density at radius 2 is 0.870 bits per heavy atom. The molecule has 0 unspecified atom stereocenters. The Bertz CT molecular complexity index is 7530. The van der Waals surface area contributed by atoms with Gasteiger partial charge in [0, 0.05) is 178 Å². The SMILES string of the molecule is CC1=CC(=NN=c2ccccn2O)C=C(C)C1=O.CN(C)C1=CC(=O)C(=NN=c2ccccn2O)C=C1.CN(C)C1=CC(=O)C=CC1=NN=c1ccccn1O.CN(C)c1ccc(N=Nc2ccc([N+](=O)[O-])c[n+]2[O-])cc1.CN(C)c1ccc(N=Nc2cccc[n+]2[O-])c([N+](=O)[O-])c1.CO[n+]1ccccc1N=Nc1ccc(N(C)C)cc1[N+](=O)[O-].CS(=O)(=O)O[O-].O=C1C=CC(=NN=c2ccccn2O)c2cccnc21. The molecule has 3 aromatic carbocycles. The van der Waals surface area contributed by atoms with E-state index in [1.807, 2.05) is 78.3 Å². The fourth-order valence-corrected chi connectivity index (χ4v) is 11.4. The predicted molar refractivity (Wildman–Crippen MR) is 530 cm³/mol. The van der Waals surface area contributed by atoms with Crippen LogP contribution in [0.2, 0.25) is 0 Å². The van der Waals surface area contributed by atoms with E-state index in [4.69, 9.17) is 10.1 Å². The van der Waals surface area contributed by atoms with Gasteiger partial charge in [-0.15, -0.1) is 40.8 Å². The third-order valence-corrected chi connectivity index (χ3v) is 19.1. The van der Waals surface area contributed by atoms with Crippen molar-refractivity contribution in [2.45, 2.75) is 13.8 Å². The van der Waals surface area contributed by atoms with Crippen LogP contribution in [0.3, 0.4) is 0 Å². The number of nitro benzene ring substituents is 2. The number of pyridine rings is 8. The normalized spacial score (nSPS) is 14.1. The van der Waals surface area contributed by atoms with Gasteiger partial charge in [0.25, 0.3) is 10.1 Å². The summed E-state index contributed by atoms with van der Waals surface area (Å²) >= 11 is 0. The van der Waals surface area contributed by atoms with Crippen molar-refractivity contribution < 1.29 is 91.8 Å². The Morgan fingerprint density at radius 3 is 1.32 bits per heavy atom. The monoisotopic (exact) mass is 2010 g/mol. The maximum atomic E-state index is 11.8. The number of hydrogen-bond donors (Lipinski definition) is 4. The molecular formula is C94H96N30O21S. The van der Waals surface area contributed by atoms with Crippen molar-refractivity contribution in [1.29, 1.82) is 0 Å². The number of allylic oxidation sites excluding steroid dienone is 12. The van der Waals surface area contributed by atoms with Gasteiger partial charge < -0.3 is 70.2 Å². The van der Waals surface area contributed by atoms with E-state index in [9.17, 15) is 89.2 Å². The van der Waals surface area contributed by atoms with Crippen LogP contribution in [0, 0.1) is 40.8 Å². The van der Waals surface area contributed by atoms with Crippen LogP contribution < -0.4 is 60.9 Å². The number of azo groups is 3. The van der Waals surface area contributed by atoms with Crippen LogP contribution >= 0.6 is 0 Å². The van der Waals surface area contributed by atoms with Crippen LogP contribution in [0.1, 0.15) is 29.9 Å². The first-order valence-corrected chi connectivity index (χ1v) is 44.2. The van der Waals surface area contributed by atoms with Gasteiger partial charge in [-0.25, -0.2) is 17.9 Å². The van der Waals surface area contributed by atoms with Crippen LogP contribution in [0.5, 0.6) is 0 Å². The Hall–Kier alpha value is -19.9. The number of benzene rings is 3. The van der Waals surface area contributed by atoms with Gasteiger partial charge in [0.15, 0.2) is 51.1 Å². The highest BCUT2D eigenvalue weighted by Crippen LogP contribution is 2.34. The first-order valence-electron chi connectivity index (χ1n) is 42.4. The Morgan fingerprint density at radius 1 is 0.425 bits per heavy atom. The van der Waals surface area contributed by atoms with Gasteiger partial charge in [0.2, 0.25) is 11.6 Å². The zero-order chi connectivity index (χ0) is 107. The summed E-state index contributed by atoms with van der Waals surface area (Å²) in [4.78, 5) is 95.7. The van der Waals surface area contributed by atoms with E-state index in [1.165, 1.54) is 104 Å². The van der Waals surface area contributed by atoms with E-state index in [0.717, 1.165) is 42.2 Å². The molecule has 0 amide bonds. The summed E-state index contributed by atoms with van der Waals surface area (Å²) in [6.45, 7) is 3.48. The number of rotatable bonds is 20. The number of carbonyl (C=O) groups is 4. The number of likely N-dealkylation sites (N-methyl/N-ethyl adjacent to an activating group) is 1. The summed E-state index contributed by atoms with van der Waals surface area (Å²) in [5.41, 5.74) is 9.51. The lowest BCUT2D eigenvalue weighted by molar-refractivity contribution is -0.875. The molecule has 0 aliphatic heterocycles. The fourth-order valence-electron chi connectivity index (χ4n) is 11.4. The van der Waals surface area contributed by atoms with Crippen LogP contribution in [-0.4, -0.2) is 208 Å². The minimum atomic E-state index is -3.72. The summed E-state index contributed by atoms with van der Waals surface area (Å²) in [5, 5.41) is 158. The van der Waals surface area contributed by atoms with Crippen LogP contribution in [0.15, 0.2) is 398 Å². The van der Waals surface area contributed by atoms with E-state index >= 15 is 0 Å². The third kappa shape index (κ3) is 34.6. The minimum absolute atomic E-state index is 0.0164. The summed E-state index contributed by atoms with van der Waals surface area (Å²) in [6.07, 6.45) is 27.6. The molecule has 0 spiro atoms. The van der Waals surface area contributed by atoms with Gasteiger partial charge in [-0.1, -0.05) is 30.3 Å². The summed E-state index contributed by atoms with van der Waals surface area (Å²) < 4.78 is 27.3. The molecule has 4 aliphatic rings. The Kier molecular flexibility index (Phi) is 41.5. The maximum Gasteiger partial charge on any atom is 0.388 e. The largest absolute Gasteiger partial charge is 0.710 e. The number of fused-ring (bicyclic) bond motifs is 1.